The standard InChI is InChI=1S/C15H18N2O/c18-10-9-17(14-7-8-14)11-13-6-5-12-3-1-2-4-15(12)16-13/h1-6,14,18H,7-11H2. The number of hydrogen-bond acceptors (Lipinski definition) is 3. The normalized spacial score (nSPS) is 15.4. The summed E-state index contributed by atoms with van der Waals surface area (Å²) in [5.41, 5.74) is 2.14. The van der Waals surface area contributed by atoms with Crippen LogP contribution in [-0.2, 0) is 6.54 Å². The predicted octanol–water partition coefficient (Wildman–Crippen LogP) is 2.19. The molecule has 1 heterocycles. The number of aliphatic hydroxyl groups is 1. The number of para-hydroxylation sites is 1. The molecule has 1 fully saturated rings. The molecule has 1 aromatic carbocycles. The summed E-state index contributed by atoms with van der Waals surface area (Å²) >= 11 is 0. The fraction of sp³-hybridized carbons (Fsp3) is 0.400. The molecule has 0 bridgehead atoms. The maximum Gasteiger partial charge on any atom is 0.0705 e. The first-order valence-electron chi connectivity index (χ1n) is 6.56. The molecule has 3 nitrogen and oxygen atoms in total. The van der Waals surface area contributed by atoms with Gasteiger partial charge in [0, 0.05) is 24.5 Å². The van der Waals surface area contributed by atoms with Crippen LogP contribution in [0.3, 0.4) is 0 Å². The highest BCUT2D eigenvalue weighted by Gasteiger charge is 2.28. The molecule has 3 heteroatoms. The van der Waals surface area contributed by atoms with Gasteiger partial charge in [-0.3, -0.25) is 9.88 Å². The molecule has 0 spiro atoms. The largest absolute Gasteiger partial charge is 0.395 e. The average molecular weight is 242 g/mol. The van der Waals surface area contributed by atoms with Gasteiger partial charge in [-0.05, 0) is 25.0 Å². The van der Waals surface area contributed by atoms with Gasteiger partial charge >= 0.3 is 0 Å². The summed E-state index contributed by atoms with van der Waals surface area (Å²) in [5, 5.41) is 10.3. The summed E-state index contributed by atoms with van der Waals surface area (Å²) in [4.78, 5) is 7.01. The van der Waals surface area contributed by atoms with E-state index in [2.05, 4.69) is 28.1 Å². The van der Waals surface area contributed by atoms with Crippen LogP contribution in [-0.4, -0.2) is 34.2 Å². The van der Waals surface area contributed by atoms with Crippen molar-refractivity contribution in [2.75, 3.05) is 13.2 Å². The third-order valence-corrected chi connectivity index (χ3v) is 3.47. The number of nitrogens with zero attached hydrogens (tertiary/aromatic N) is 2. The van der Waals surface area contributed by atoms with E-state index < -0.39 is 0 Å². The van der Waals surface area contributed by atoms with E-state index in [0.29, 0.717) is 6.04 Å². The lowest BCUT2D eigenvalue weighted by atomic mass is 10.2. The van der Waals surface area contributed by atoms with Crippen LogP contribution in [0.2, 0.25) is 0 Å². The van der Waals surface area contributed by atoms with Crippen LogP contribution in [0.4, 0.5) is 0 Å². The van der Waals surface area contributed by atoms with Crippen molar-refractivity contribution in [2.24, 2.45) is 0 Å². The first-order chi connectivity index (χ1) is 8.86. The summed E-state index contributed by atoms with van der Waals surface area (Å²) in [6, 6.07) is 13.1. The van der Waals surface area contributed by atoms with Gasteiger partial charge in [0.1, 0.15) is 0 Å². The lowest BCUT2D eigenvalue weighted by molar-refractivity contribution is 0.182. The van der Waals surface area contributed by atoms with E-state index in [1.54, 1.807) is 0 Å². The Morgan fingerprint density at radius 2 is 2.00 bits per heavy atom. The lowest BCUT2D eigenvalue weighted by Gasteiger charge is -2.20. The molecule has 94 valence electrons. The van der Waals surface area contributed by atoms with E-state index >= 15 is 0 Å². The Hall–Kier alpha value is -1.45. The average Bonchev–Trinajstić information content (AvgIpc) is 3.22. The third-order valence-electron chi connectivity index (χ3n) is 3.47. The quantitative estimate of drug-likeness (QED) is 0.873. The molecule has 0 amide bonds. The summed E-state index contributed by atoms with van der Waals surface area (Å²) < 4.78 is 0. The van der Waals surface area contributed by atoms with Gasteiger partial charge in [-0.2, -0.15) is 0 Å². The second-order valence-electron chi connectivity index (χ2n) is 4.92. The van der Waals surface area contributed by atoms with Crippen LogP contribution < -0.4 is 0 Å². The molecular formula is C15H18N2O. The Labute approximate surface area is 107 Å². The predicted molar refractivity (Wildman–Crippen MR) is 72.3 cm³/mol. The van der Waals surface area contributed by atoms with Crippen molar-refractivity contribution in [2.45, 2.75) is 25.4 Å². The lowest BCUT2D eigenvalue weighted by Crippen LogP contribution is -2.29. The van der Waals surface area contributed by atoms with Crippen LogP contribution >= 0.6 is 0 Å². The van der Waals surface area contributed by atoms with E-state index in [4.69, 9.17) is 5.11 Å². The summed E-state index contributed by atoms with van der Waals surface area (Å²) in [6.07, 6.45) is 2.52. The number of hydrogen-bond donors (Lipinski definition) is 1. The molecule has 0 radical (unpaired) electrons. The zero-order valence-corrected chi connectivity index (χ0v) is 10.4. The Kier molecular flexibility index (Phi) is 3.26. The zero-order chi connectivity index (χ0) is 12.4. The van der Waals surface area contributed by atoms with Crippen molar-refractivity contribution in [3.8, 4) is 0 Å². The van der Waals surface area contributed by atoms with Gasteiger partial charge in [-0.1, -0.05) is 24.3 Å². The maximum atomic E-state index is 9.10. The van der Waals surface area contributed by atoms with Crippen LogP contribution in [0.25, 0.3) is 10.9 Å². The first kappa shape index (κ1) is 11.6. The molecule has 2 aromatic rings. The number of aromatic nitrogens is 1. The van der Waals surface area contributed by atoms with Crippen molar-refractivity contribution in [1.82, 2.24) is 9.88 Å². The van der Waals surface area contributed by atoms with E-state index in [0.717, 1.165) is 24.3 Å². The van der Waals surface area contributed by atoms with Crippen LogP contribution in [0.1, 0.15) is 18.5 Å². The smallest absolute Gasteiger partial charge is 0.0705 e. The Bertz CT molecular complexity index is 537. The fourth-order valence-electron chi connectivity index (χ4n) is 2.36. The molecule has 1 aromatic heterocycles. The van der Waals surface area contributed by atoms with Crippen molar-refractivity contribution in [3.05, 3.63) is 42.1 Å². The number of benzene rings is 1. The molecule has 1 N–H and O–H groups in total. The number of fused-ring (bicyclic) bond motifs is 1. The van der Waals surface area contributed by atoms with Gasteiger partial charge in [-0.25, -0.2) is 0 Å². The maximum absolute atomic E-state index is 9.10. The number of rotatable bonds is 5. The molecule has 3 rings (SSSR count). The van der Waals surface area contributed by atoms with Gasteiger partial charge in [0.2, 0.25) is 0 Å². The van der Waals surface area contributed by atoms with Crippen molar-refractivity contribution < 1.29 is 5.11 Å². The highest BCUT2D eigenvalue weighted by atomic mass is 16.3. The Balaban J connectivity index is 1.80. The molecule has 0 atom stereocenters. The molecule has 18 heavy (non-hydrogen) atoms. The first-order valence-corrected chi connectivity index (χ1v) is 6.56. The summed E-state index contributed by atoms with van der Waals surface area (Å²) in [5.74, 6) is 0. The van der Waals surface area contributed by atoms with Crippen LogP contribution in [0, 0.1) is 0 Å². The van der Waals surface area contributed by atoms with E-state index in [-0.39, 0.29) is 6.61 Å². The Morgan fingerprint density at radius 3 is 2.78 bits per heavy atom. The Morgan fingerprint density at radius 1 is 1.17 bits per heavy atom. The molecule has 0 unspecified atom stereocenters. The van der Waals surface area contributed by atoms with Gasteiger partial charge in [0.05, 0.1) is 17.8 Å². The van der Waals surface area contributed by atoms with Gasteiger partial charge in [-0.15, -0.1) is 0 Å². The molecule has 1 aliphatic carbocycles. The molecule has 0 saturated heterocycles. The third kappa shape index (κ3) is 2.52. The number of pyridine rings is 1. The van der Waals surface area contributed by atoms with Crippen molar-refractivity contribution >= 4 is 10.9 Å². The van der Waals surface area contributed by atoms with Crippen LogP contribution in [0.15, 0.2) is 36.4 Å². The van der Waals surface area contributed by atoms with Gasteiger partial charge < -0.3 is 5.11 Å². The molecule has 0 aliphatic heterocycles. The number of aliphatic hydroxyl groups excluding tert-OH is 1. The van der Waals surface area contributed by atoms with Crippen LogP contribution in [0.5, 0.6) is 0 Å². The van der Waals surface area contributed by atoms with Gasteiger partial charge in [0.25, 0.3) is 0 Å². The minimum absolute atomic E-state index is 0.226. The van der Waals surface area contributed by atoms with E-state index in [9.17, 15) is 0 Å². The highest BCUT2D eigenvalue weighted by Crippen LogP contribution is 2.27. The molecule has 1 saturated carbocycles. The SMILES string of the molecule is OCCN(Cc1ccc2ccccc2n1)C1CC1. The summed E-state index contributed by atoms with van der Waals surface area (Å²) in [6.45, 7) is 1.82. The second-order valence-corrected chi connectivity index (χ2v) is 4.92. The molecule has 1 aliphatic rings. The highest BCUT2D eigenvalue weighted by molar-refractivity contribution is 5.78. The monoisotopic (exact) mass is 242 g/mol. The summed E-state index contributed by atoms with van der Waals surface area (Å²) in [7, 11) is 0. The minimum Gasteiger partial charge on any atom is -0.395 e. The molecular weight excluding hydrogens is 224 g/mol. The van der Waals surface area contributed by atoms with Crippen molar-refractivity contribution in [1.29, 1.82) is 0 Å². The fourth-order valence-corrected chi connectivity index (χ4v) is 2.36. The zero-order valence-electron chi connectivity index (χ0n) is 10.4. The van der Waals surface area contributed by atoms with E-state index in [1.165, 1.54) is 18.2 Å². The minimum atomic E-state index is 0.226. The van der Waals surface area contributed by atoms with Gasteiger partial charge in [0.15, 0.2) is 0 Å². The van der Waals surface area contributed by atoms with E-state index in [1.807, 2.05) is 18.2 Å². The topological polar surface area (TPSA) is 36.4 Å². The second kappa shape index (κ2) is 5.04. The van der Waals surface area contributed by atoms with Crippen molar-refractivity contribution in [3.63, 3.8) is 0 Å².